The maximum absolute atomic E-state index is 5.02. The van der Waals surface area contributed by atoms with Gasteiger partial charge in [0.05, 0.1) is 17.1 Å². The van der Waals surface area contributed by atoms with Gasteiger partial charge < -0.3 is 0 Å². The molecule has 3 heteroatoms. The summed E-state index contributed by atoms with van der Waals surface area (Å²) in [6.07, 6.45) is 1.90. The number of pyridine rings is 1. The Morgan fingerprint density at radius 2 is 1.00 bits per heavy atom. The number of benzene rings is 5. The summed E-state index contributed by atoms with van der Waals surface area (Å²) in [5, 5.41) is 0. The average molecular weight is 578 g/mol. The highest BCUT2D eigenvalue weighted by Gasteiger charge is 2.36. The Morgan fingerprint density at radius 3 is 1.73 bits per heavy atom. The second-order valence-corrected chi connectivity index (χ2v) is 12.1. The van der Waals surface area contributed by atoms with Gasteiger partial charge in [-0.05, 0) is 39.9 Å². The maximum Gasteiger partial charge on any atom is 0.160 e. The van der Waals surface area contributed by atoms with Crippen LogP contribution in [-0.2, 0) is 5.41 Å². The predicted octanol–water partition coefficient (Wildman–Crippen LogP) is 10.5. The number of hydrogen-bond acceptors (Lipinski definition) is 3. The molecule has 2 heterocycles. The van der Waals surface area contributed by atoms with Crippen molar-refractivity contribution < 1.29 is 0 Å². The molecule has 0 atom stereocenters. The molecule has 3 nitrogen and oxygen atoms in total. The van der Waals surface area contributed by atoms with E-state index >= 15 is 0 Å². The number of rotatable bonds is 5. The van der Waals surface area contributed by atoms with Crippen molar-refractivity contribution in [2.24, 2.45) is 0 Å². The Hall–Kier alpha value is -5.67. The van der Waals surface area contributed by atoms with Gasteiger partial charge in [-0.3, -0.25) is 4.98 Å². The monoisotopic (exact) mass is 577 g/mol. The quantitative estimate of drug-likeness (QED) is 0.204. The lowest BCUT2D eigenvalue weighted by Crippen LogP contribution is -2.14. The molecule has 0 unspecified atom stereocenters. The zero-order valence-electron chi connectivity index (χ0n) is 25.3. The van der Waals surface area contributed by atoms with Gasteiger partial charge >= 0.3 is 0 Å². The summed E-state index contributed by atoms with van der Waals surface area (Å²) in [5.74, 6) is 0.715. The van der Waals surface area contributed by atoms with Crippen LogP contribution in [0.15, 0.2) is 152 Å². The van der Waals surface area contributed by atoms with Crippen LogP contribution in [-0.4, -0.2) is 15.0 Å². The summed E-state index contributed by atoms with van der Waals surface area (Å²) < 4.78 is 0. The smallest absolute Gasteiger partial charge is 0.160 e. The molecule has 7 aromatic rings. The summed E-state index contributed by atoms with van der Waals surface area (Å²) in [7, 11) is 0. The first-order valence-corrected chi connectivity index (χ1v) is 15.4. The summed E-state index contributed by atoms with van der Waals surface area (Å²) in [4.78, 5) is 14.9. The molecule has 0 radical (unpaired) electrons. The van der Waals surface area contributed by atoms with Crippen LogP contribution in [0.5, 0.6) is 0 Å². The van der Waals surface area contributed by atoms with Gasteiger partial charge in [0.2, 0.25) is 0 Å². The van der Waals surface area contributed by atoms with Crippen molar-refractivity contribution in [2.45, 2.75) is 19.3 Å². The van der Waals surface area contributed by atoms with Crippen LogP contribution >= 0.6 is 0 Å². The molecule has 8 rings (SSSR count). The Bertz CT molecular complexity index is 2110. The minimum Gasteiger partial charge on any atom is -0.256 e. The molecular weight excluding hydrogens is 546 g/mol. The molecule has 0 aliphatic heterocycles. The second kappa shape index (κ2) is 10.8. The van der Waals surface area contributed by atoms with E-state index in [1.165, 1.54) is 27.8 Å². The van der Waals surface area contributed by atoms with E-state index in [1.807, 2.05) is 48.7 Å². The van der Waals surface area contributed by atoms with Gasteiger partial charge in [-0.2, -0.15) is 0 Å². The lowest BCUT2D eigenvalue weighted by molar-refractivity contribution is 0.660. The molecule has 0 amide bonds. The van der Waals surface area contributed by atoms with Crippen molar-refractivity contribution in [2.75, 3.05) is 0 Å². The van der Waals surface area contributed by atoms with Crippen molar-refractivity contribution >= 4 is 0 Å². The summed E-state index contributed by atoms with van der Waals surface area (Å²) in [5.41, 5.74) is 14.5. The molecule has 45 heavy (non-hydrogen) atoms. The first-order chi connectivity index (χ1) is 22.1. The zero-order valence-corrected chi connectivity index (χ0v) is 25.3. The number of nitrogens with zero attached hydrogens (tertiary/aromatic N) is 3. The first kappa shape index (κ1) is 26.9. The van der Waals surface area contributed by atoms with Gasteiger partial charge in [-0.1, -0.05) is 147 Å². The van der Waals surface area contributed by atoms with Crippen LogP contribution in [0.3, 0.4) is 0 Å². The van der Waals surface area contributed by atoms with Crippen molar-refractivity contribution in [1.29, 1.82) is 0 Å². The first-order valence-electron chi connectivity index (χ1n) is 15.4. The number of hydrogen-bond donors (Lipinski definition) is 0. The van der Waals surface area contributed by atoms with Crippen LogP contribution in [0.25, 0.3) is 67.4 Å². The van der Waals surface area contributed by atoms with E-state index in [0.717, 1.165) is 44.9 Å². The standard InChI is InChI=1S/C42H31N3/c1-42(2)35-20-10-9-17-33(35)39-34(18-11-21-36(39)42)40-32(19-12-26-43-40)28-22-24-30(25-23-28)38-27-37(29-13-5-3-6-14-29)44-41(45-38)31-15-7-4-8-16-31/h3-27H,1-2H3. The van der Waals surface area contributed by atoms with Crippen LogP contribution in [0.4, 0.5) is 0 Å². The molecule has 0 saturated carbocycles. The molecule has 0 N–H and O–H groups in total. The third kappa shape index (κ3) is 4.65. The van der Waals surface area contributed by atoms with Crippen molar-refractivity contribution in [3.8, 4) is 67.4 Å². The van der Waals surface area contributed by atoms with Gasteiger partial charge in [-0.25, -0.2) is 9.97 Å². The van der Waals surface area contributed by atoms with Crippen molar-refractivity contribution in [3.05, 3.63) is 163 Å². The molecule has 2 aromatic heterocycles. The SMILES string of the molecule is CC1(C)c2ccccc2-c2c(-c3ncccc3-c3ccc(-c4cc(-c5ccccc5)nc(-c5ccccc5)n4)cc3)cccc21. The zero-order chi connectivity index (χ0) is 30.4. The topological polar surface area (TPSA) is 38.7 Å². The Morgan fingerprint density at radius 1 is 0.444 bits per heavy atom. The molecule has 0 bridgehead atoms. The van der Waals surface area contributed by atoms with E-state index in [4.69, 9.17) is 15.0 Å². The van der Waals surface area contributed by atoms with Gasteiger partial charge in [0.1, 0.15) is 0 Å². The molecule has 1 aliphatic carbocycles. The van der Waals surface area contributed by atoms with Crippen molar-refractivity contribution in [1.82, 2.24) is 15.0 Å². The Kier molecular flexibility index (Phi) is 6.46. The van der Waals surface area contributed by atoms with Gasteiger partial charge in [0.15, 0.2) is 5.82 Å². The highest BCUT2D eigenvalue weighted by Crippen LogP contribution is 2.52. The summed E-state index contributed by atoms with van der Waals surface area (Å²) in [6.45, 7) is 4.64. The predicted molar refractivity (Wildman–Crippen MR) is 185 cm³/mol. The van der Waals surface area contributed by atoms with Crippen molar-refractivity contribution in [3.63, 3.8) is 0 Å². The van der Waals surface area contributed by atoms with E-state index in [1.54, 1.807) is 0 Å². The summed E-state index contributed by atoms with van der Waals surface area (Å²) >= 11 is 0. The normalized spacial score (nSPS) is 12.8. The van der Waals surface area contributed by atoms with Crippen LogP contribution in [0.2, 0.25) is 0 Å². The van der Waals surface area contributed by atoms with Crippen LogP contribution in [0.1, 0.15) is 25.0 Å². The van der Waals surface area contributed by atoms with E-state index in [0.29, 0.717) is 5.82 Å². The summed E-state index contributed by atoms with van der Waals surface area (Å²) in [6, 6.07) is 50.9. The van der Waals surface area contributed by atoms with Crippen LogP contribution < -0.4 is 0 Å². The van der Waals surface area contributed by atoms with E-state index < -0.39 is 0 Å². The number of fused-ring (bicyclic) bond motifs is 3. The van der Waals surface area contributed by atoms with E-state index in [-0.39, 0.29) is 5.41 Å². The second-order valence-electron chi connectivity index (χ2n) is 12.1. The molecular formula is C42H31N3. The van der Waals surface area contributed by atoms with E-state index in [9.17, 15) is 0 Å². The lowest BCUT2D eigenvalue weighted by Gasteiger charge is -2.21. The maximum atomic E-state index is 5.02. The fraction of sp³-hybridized carbons (Fsp3) is 0.0714. The molecule has 1 aliphatic rings. The highest BCUT2D eigenvalue weighted by atomic mass is 14.9. The fourth-order valence-corrected chi connectivity index (χ4v) is 6.69. The van der Waals surface area contributed by atoms with Crippen LogP contribution in [0, 0.1) is 0 Å². The minimum absolute atomic E-state index is 0.0622. The molecule has 5 aromatic carbocycles. The third-order valence-electron chi connectivity index (χ3n) is 8.99. The lowest BCUT2D eigenvalue weighted by atomic mass is 9.82. The minimum atomic E-state index is -0.0622. The molecule has 0 spiro atoms. The molecule has 0 fully saturated rings. The van der Waals surface area contributed by atoms with Gasteiger partial charge in [0, 0.05) is 39.4 Å². The number of aromatic nitrogens is 3. The van der Waals surface area contributed by atoms with Gasteiger partial charge in [-0.15, -0.1) is 0 Å². The van der Waals surface area contributed by atoms with E-state index in [2.05, 4.69) is 117 Å². The Labute approximate surface area is 264 Å². The highest BCUT2D eigenvalue weighted by molar-refractivity contribution is 5.95. The Balaban J connectivity index is 1.22. The largest absolute Gasteiger partial charge is 0.256 e. The average Bonchev–Trinajstić information content (AvgIpc) is 3.35. The molecule has 214 valence electrons. The third-order valence-corrected chi connectivity index (χ3v) is 8.99. The fourth-order valence-electron chi connectivity index (χ4n) is 6.69. The molecule has 0 saturated heterocycles. The van der Waals surface area contributed by atoms with Gasteiger partial charge in [0.25, 0.3) is 0 Å².